The molecule has 3 fully saturated rings. The van der Waals surface area contributed by atoms with Gasteiger partial charge in [0.05, 0.1) is 17.7 Å². The van der Waals surface area contributed by atoms with E-state index in [1.807, 2.05) is 25.7 Å². The lowest BCUT2D eigenvalue weighted by Crippen LogP contribution is -2.50. The van der Waals surface area contributed by atoms with Crippen LogP contribution in [0.15, 0.2) is 30.6 Å². The van der Waals surface area contributed by atoms with E-state index in [-0.39, 0.29) is 41.4 Å². The molecule has 1 aromatic heterocycles. The molecule has 1 aliphatic carbocycles. The number of benzene rings is 1. The van der Waals surface area contributed by atoms with Crippen molar-refractivity contribution in [3.05, 3.63) is 47.5 Å². The number of rotatable bonds is 7. The second kappa shape index (κ2) is 12.1. The van der Waals surface area contributed by atoms with Crippen LogP contribution in [0, 0.1) is 11.7 Å². The van der Waals surface area contributed by atoms with Gasteiger partial charge in [0.15, 0.2) is 5.82 Å². The van der Waals surface area contributed by atoms with E-state index in [0.29, 0.717) is 56.8 Å². The lowest BCUT2D eigenvalue weighted by molar-refractivity contribution is 0.0142. The fraction of sp³-hybridized carbons (Fsp3) is 0.567. The normalized spacial score (nSPS) is 19.6. The average molecular weight is 568 g/mol. The molecule has 0 bridgehead atoms. The van der Waals surface area contributed by atoms with Crippen LogP contribution in [0.3, 0.4) is 0 Å². The van der Waals surface area contributed by atoms with E-state index < -0.39 is 17.3 Å². The average Bonchev–Trinajstić information content (AvgIpc) is 3.63. The molecule has 1 N–H and O–H groups in total. The Bertz CT molecular complexity index is 1260. The van der Waals surface area contributed by atoms with Gasteiger partial charge in [0, 0.05) is 62.2 Å². The van der Waals surface area contributed by atoms with Crippen LogP contribution in [0.25, 0.3) is 11.4 Å². The van der Waals surface area contributed by atoms with E-state index in [4.69, 9.17) is 9.47 Å². The zero-order valence-corrected chi connectivity index (χ0v) is 23.9. The minimum atomic E-state index is -0.663. The van der Waals surface area contributed by atoms with Crippen LogP contribution >= 0.6 is 0 Å². The molecule has 3 aliphatic rings. The Kier molecular flexibility index (Phi) is 8.53. The minimum Gasteiger partial charge on any atom is -0.444 e. The summed E-state index contributed by atoms with van der Waals surface area (Å²) in [7, 11) is 0. The monoisotopic (exact) mass is 567 g/mol. The number of carbonyl (C=O) groups excluding carboxylic acids is 3. The molecular weight excluding hydrogens is 529 g/mol. The number of hydrogen-bond acceptors (Lipinski definition) is 7. The quantitative estimate of drug-likeness (QED) is 0.537. The van der Waals surface area contributed by atoms with Crippen molar-refractivity contribution in [1.29, 1.82) is 0 Å². The van der Waals surface area contributed by atoms with Crippen molar-refractivity contribution in [2.45, 2.75) is 70.6 Å². The van der Waals surface area contributed by atoms with Crippen LogP contribution in [0.2, 0.25) is 0 Å². The van der Waals surface area contributed by atoms with Crippen LogP contribution in [0.4, 0.5) is 9.18 Å². The predicted octanol–water partition coefficient (Wildman–Crippen LogP) is 4.05. The number of piperidine rings is 1. The van der Waals surface area contributed by atoms with Crippen molar-refractivity contribution < 1.29 is 28.2 Å². The van der Waals surface area contributed by atoms with E-state index in [0.717, 1.165) is 19.3 Å². The number of amides is 3. The standard InChI is InChI=1S/C30H38FN5O5/c1-30(2,3)41-29(39)35-11-8-23(9-12-35)36(22-5-6-22)28(38)21-16-32-26(33-17-21)20-4-7-24(25(31)14-20)27(37)34-15-19-10-13-40-18-19/h4,7,14,16-17,19,22-23H,5-6,8-13,15,18H2,1-3H3,(H,34,37). The van der Waals surface area contributed by atoms with Crippen molar-refractivity contribution in [2.24, 2.45) is 5.92 Å². The molecule has 2 saturated heterocycles. The molecule has 0 radical (unpaired) electrons. The van der Waals surface area contributed by atoms with Gasteiger partial charge in [-0.2, -0.15) is 0 Å². The zero-order chi connectivity index (χ0) is 29.1. The van der Waals surface area contributed by atoms with E-state index in [2.05, 4.69) is 15.3 Å². The highest BCUT2D eigenvalue weighted by molar-refractivity contribution is 5.95. The summed E-state index contributed by atoms with van der Waals surface area (Å²) in [5, 5.41) is 2.77. The fourth-order valence-electron chi connectivity index (χ4n) is 5.29. The number of aromatic nitrogens is 2. The molecule has 1 unspecified atom stereocenters. The number of likely N-dealkylation sites (tertiary alicyclic amines) is 1. The third-order valence-electron chi connectivity index (χ3n) is 7.63. The van der Waals surface area contributed by atoms with Crippen molar-refractivity contribution in [3.63, 3.8) is 0 Å². The van der Waals surface area contributed by atoms with Crippen molar-refractivity contribution in [2.75, 3.05) is 32.8 Å². The Labute approximate surface area is 239 Å². The smallest absolute Gasteiger partial charge is 0.410 e. The number of nitrogens with zero attached hydrogens (tertiary/aromatic N) is 4. The van der Waals surface area contributed by atoms with Gasteiger partial charge in [0.1, 0.15) is 11.4 Å². The van der Waals surface area contributed by atoms with Gasteiger partial charge in [-0.3, -0.25) is 9.59 Å². The molecule has 3 heterocycles. The van der Waals surface area contributed by atoms with Crippen LogP contribution in [-0.2, 0) is 9.47 Å². The van der Waals surface area contributed by atoms with Gasteiger partial charge in [0.2, 0.25) is 0 Å². The SMILES string of the molecule is CC(C)(C)OC(=O)N1CCC(N(C(=O)c2cnc(-c3ccc(C(=O)NCC4CCOC4)c(F)c3)nc2)C2CC2)CC1. The molecule has 220 valence electrons. The Morgan fingerprint density at radius 1 is 1.07 bits per heavy atom. The maximum Gasteiger partial charge on any atom is 0.410 e. The predicted molar refractivity (Wildman–Crippen MR) is 149 cm³/mol. The maximum absolute atomic E-state index is 14.8. The van der Waals surface area contributed by atoms with Crippen LogP contribution in [0.5, 0.6) is 0 Å². The topological polar surface area (TPSA) is 114 Å². The number of nitrogens with one attached hydrogen (secondary N) is 1. The summed E-state index contributed by atoms with van der Waals surface area (Å²) in [6, 6.07) is 4.45. The molecule has 1 saturated carbocycles. The highest BCUT2D eigenvalue weighted by Crippen LogP contribution is 2.33. The number of hydrogen-bond donors (Lipinski definition) is 1. The number of halogens is 1. The second-order valence-corrected chi connectivity index (χ2v) is 12.1. The van der Waals surface area contributed by atoms with Crippen molar-refractivity contribution >= 4 is 17.9 Å². The van der Waals surface area contributed by atoms with Crippen LogP contribution in [-0.4, -0.2) is 88.2 Å². The van der Waals surface area contributed by atoms with Crippen LogP contribution < -0.4 is 5.32 Å². The second-order valence-electron chi connectivity index (χ2n) is 12.1. The Balaban J connectivity index is 1.20. The van der Waals surface area contributed by atoms with Gasteiger partial charge in [0.25, 0.3) is 11.8 Å². The fourth-order valence-corrected chi connectivity index (χ4v) is 5.29. The Hall–Kier alpha value is -3.60. The Morgan fingerprint density at radius 3 is 2.34 bits per heavy atom. The van der Waals surface area contributed by atoms with E-state index in [1.165, 1.54) is 24.5 Å². The van der Waals surface area contributed by atoms with Crippen LogP contribution in [0.1, 0.15) is 73.6 Å². The summed E-state index contributed by atoms with van der Waals surface area (Å²) >= 11 is 0. The van der Waals surface area contributed by atoms with Gasteiger partial charge in [-0.25, -0.2) is 19.2 Å². The molecule has 1 aromatic carbocycles. The van der Waals surface area contributed by atoms with E-state index in [1.54, 1.807) is 11.0 Å². The summed E-state index contributed by atoms with van der Waals surface area (Å²) in [6.45, 7) is 8.32. The molecule has 11 heteroatoms. The van der Waals surface area contributed by atoms with E-state index >= 15 is 0 Å². The van der Waals surface area contributed by atoms with Gasteiger partial charge in [-0.15, -0.1) is 0 Å². The molecule has 10 nitrogen and oxygen atoms in total. The summed E-state index contributed by atoms with van der Waals surface area (Å²) in [5.41, 5.74) is 0.180. The van der Waals surface area contributed by atoms with Gasteiger partial charge in [-0.1, -0.05) is 6.07 Å². The third kappa shape index (κ3) is 7.19. The molecule has 1 atom stereocenters. The minimum absolute atomic E-state index is 0.0161. The summed E-state index contributed by atoms with van der Waals surface area (Å²) < 4.78 is 25.6. The first kappa shape index (κ1) is 28.9. The third-order valence-corrected chi connectivity index (χ3v) is 7.63. The largest absolute Gasteiger partial charge is 0.444 e. The van der Waals surface area contributed by atoms with Crippen molar-refractivity contribution in [3.8, 4) is 11.4 Å². The molecule has 3 amide bonds. The number of carbonyl (C=O) groups is 3. The van der Waals surface area contributed by atoms with Gasteiger partial charge >= 0.3 is 6.09 Å². The molecule has 0 spiro atoms. The summed E-state index contributed by atoms with van der Waals surface area (Å²) in [6.07, 6.45) is 6.74. The molecule has 2 aliphatic heterocycles. The van der Waals surface area contributed by atoms with Gasteiger partial charge in [-0.05, 0) is 65.0 Å². The maximum atomic E-state index is 14.8. The first-order valence-electron chi connectivity index (χ1n) is 14.4. The lowest BCUT2D eigenvalue weighted by atomic mass is 10.0. The zero-order valence-electron chi connectivity index (χ0n) is 23.9. The highest BCUT2D eigenvalue weighted by Gasteiger charge is 2.40. The molecule has 5 rings (SSSR count). The lowest BCUT2D eigenvalue weighted by Gasteiger charge is -2.39. The molecule has 41 heavy (non-hydrogen) atoms. The first-order valence-corrected chi connectivity index (χ1v) is 14.4. The highest BCUT2D eigenvalue weighted by atomic mass is 19.1. The van der Waals surface area contributed by atoms with Gasteiger partial charge < -0.3 is 24.6 Å². The summed E-state index contributed by atoms with van der Waals surface area (Å²) in [4.78, 5) is 50.8. The summed E-state index contributed by atoms with van der Waals surface area (Å²) in [5.74, 6) is -0.763. The molecular formula is C30H38FN5O5. The van der Waals surface area contributed by atoms with Crippen molar-refractivity contribution in [1.82, 2.24) is 25.1 Å². The molecule has 2 aromatic rings. The first-order chi connectivity index (χ1) is 19.6. The van der Waals surface area contributed by atoms with E-state index in [9.17, 15) is 18.8 Å². The Morgan fingerprint density at radius 2 is 1.76 bits per heavy atom. The number of ether oxygens (including phenoxy) is 2.